The van der Waals surface area contributed by atoms with Crippen LogP contribution in [0, 0.1) is 0 Å². The van der Waals surface area contributed by atoms with E-state index in [0.29, 0.717) is 11.3 Å². The molecule has 4 nitrogen and oxygen atoms in total. The van der Waals surface area contributed by atoms with Crippen LogP contribution in [-0.2, 0) is 9.47 Å². The molecule has 0 N–H and O–H groups in total. The summed E-state index contributed by atoms with van der Waals surface area (Å²) in [5.74, 6) is 0.524. The van der Waals surface area contributed by atoms with E-state index < -0.39 is 6.29 Å². The lowest BCUT2D eigenvalue weighted by molar-refractivity contribution is -0.122. The third-order valence-corrected chi connectivity index (χ3v) is 2.17. The first-order chi connectivity index (χ1) is 7.69. The number of ether oxygens (including phenoxy) is 3. The second-order valence-electron chi connectivity index (χ2n) is 3.26. The van der Waals surface area contributed by atoms with Gasteiger partial charge in [0.1, 0.15) is 12.4 Å². The van der Waals surface area contributed by atoms with E-state index in [1.165, 1.54) is 21.1 Å². The summed E-state index contributed by atoms with van der Waals surface area (Å²) in [6, 6.07) is 7.09. The SMILES string of the molecule is COC(COc1ccccc1C(C)=O)OC. The summed E-state index contributed by atoms with van der Waals surface area (Å²) < 4.78 is 15.5. The maximum atomic E-state index is 11.3. The van der Waals surface area contributed by atoms with Crippen molar-refractivity contribution in [2.75, 3.05) is 20.8 Å². The molecule has 4 heteroatoms. The molecule has 0 amide bonds. The van der Waals surface area contributed by atoms with Crippen LogP contribution in [0.15, 0.2) is 24.3 Å². The fraction of sp³-hybridized carbons (Fsp3) is 0.417. The highest BCUT2D eigenvalue weighted by Crippen LogP contribution is 2.18. The first-order valence-corrected chi connectivity index (χ1v) is 4.97. The number of rotatable bonds is 6. The number of benzene rings is 1. The average molecular weight is 224 g/mol. The molecule has 0 aliphatic carbocycles. The molecule has 0 aromatic heterocycles. The number of ketones is 1. The Bertz CT molecular complexity index is 345. The zero-order valence-corrected chi connectivity index (χ0v) is 9.73. The summed E-state index contributed by atoms with van der Waals surface area (Å²) in [5.41, 5.74) is 0.563. The van der Waals surface area contributed by atoms with Crippen molar-refractivity contribution in [3.63, 3.8) is 0 Å². The predicted molar refractivity (Wildman–Crippen MR) is 59.7 cm³/mol. The number of hydrogen-bond acceptors (Lipinski definition) is 4. The summed E-state index contributed by atoms with van der Waals surface area (Å²) in [5, 5.41) is 0. The van der Waals surface area contributed by atoms with Crippen molar-refractivity contribution < 1.29 is 19.0 Å². The zero-order valence-electron chi connectivity index (χ0n) is 9.73. The highest BCUT2D eigenvalue weighted by molar-refractivity contribution is 5.96. The minimum atomic E-state index is -0.431. The molecular weight excluding hydrogens is 208 g/mol. The van der Waals surface area contributed by atoms with Crippen LogP contribution in [0.5, 0.6) is 5.75 Å². The molecule has 0 unspecified atom stereocenters. The number of hydrogen-bond donors (Lipinski definition) is 0. The van der Waals surface area contributed by atoms with Gasteiger partial charge < -0.3 is 14.2 Å². The largest absolute Gasteiger partial charge is 0.488 e. The lowest BCUT2D eigenvalue weighted by Gasteiger charge is -2.15. The minimum Gasteiger partial charge on any atom is -0.488 e. The van der Waals surface area contributed by atoms with Gasteiger partial charge in [-0.25, -0.2) is 0 Å². The smallest absolute Gasteiger partial charge is 0.191 e. The molecule has 0 heterocycles. The molecule has 0 aliphatic rings. The third kappa shape index (κ3) is 3.32. The van der Waals surface area contributed by atoms with Crippen molar-refractivity contribution in [1.29, 1.82) is 0 Å². The number of carbonyl (C=O) groups is 1. The second kappa shape index (κ2) is 6.25. The molecule has 0 atom stereocenters. The van der Waals surface area contributed by atoms with Crippen LogP contribution in [0.1, 0.15) is 17.3 Å². The van der Waals surface area contributed by atoms with Gasteiger partial charge in [0.15, 0.2) is 12.1 Å². The van der Waals surface area contributed by atoms with Crippen molar-refractivity contribution in [1.82, 2.24) is 0 Å². The van der Waals surface area contributed by atoms with Gasteiger partial charge in [-0.1, -0.05) is 12.1 Å². The summed E-state index contributed by atoms with van der Waals surface area (Å²) in [6.45, 7) is 1.75. The first kappa shape index (κ1) is 12.7. The standard InChI is InChI=1S/C12H16O4/c1-9(13)10-6-4-5-7-11(10)16-8-12(14-2)15-3/h4-7,12H,8H2,1-3H3. The molecule has 0 saturated carbocycles. The van der Waals surface area contributed by atoms with E-state index in [9.17, 15) is 4.79 Å². The number of carbonyl (C=O) groups excluding carboxylic acids is 1. The molecule has 0 spiro atoms. The monoisotopic (exact) mass is 224 g/mol. The van der Waals surface area contributed by atoms with Gasteiger partial charge in [0.2, 0.25) is 0 Å². The predicted octanol–water partition coefficient (Wildman–Crippen LogP) is 1.89. The first-order valence-electron chi connectivity index (χ1n) is 4.97. The van der Waals surface area contributed by atoms with Crippen LogP contribution >= 0.6 is 0 Å². The van der Waals surface area contributed by atoms with Crippen LogP contribution in [0.3, 0.4) is 0 Å². The zero-order chi connectivity index (χ0) is 12.0. The third-order valence-electron chi connectivity index (χ3n) is 2.17. The summed E-state index contributed by atoms with van der Waals surface area (Å²) in [7, 11) is 3.07. The van der Waals surface area contributed by atoms with Gasteiger partial charge in [-0.05, 0) is 19.1 Å². The van der Waals surface area contributed by atoms with Crippen molar-refractivity contribution in [2.24, 2.45) is 0 Å². The Kier molecular flexibility index (Phi) is 4.95. The van der Waals surface area contributed by atoms with Gasteiger partial charge in [0.05, 0.1) is 5.56 Å². The molecule has 1 aromatic carbocycles. The Balaban J connectivity index is 2.69. The highest BCUT2D eigenvalue weighted by Gasteiger charge is 2.10. The quantitative estimate of drug-likeness (QED) is 0.546. The number of Topliss-reactive ketones (excluding diaryl/α,β-unsaturated/α-hetero) is 1. The molecule has 1 aromatic rings. The van der Waals surface area contributed by atoms with Crippen LogP contribution in [0.2, 0.25) is 0 Å². The maximum absolute atomic E-state index is 11.3. The molecule has 0 bridgehead atoms. The fourth-order valence-corrected chi connectivity index (χ4v) is 1.27. The summed E-state index contributed by atoms with van der Waals surface area (Å²) in [6.07, 6.45) is -0.431. The fourth-order valence-electron chi connectivity index (χ4n) is 1.27. The molecule has 16 heavy (non-hydrogen) atoms. The van der Waals surface area contributed by atoms with Gasteiger partial charge in [0.25, 0.3) is 0 Å². The van der Waals surface area contributed by atoms with Crippen LogP contribution in [0.4, 0.5) is 0 Å². The van der Waals surface area contributed by atoms with Crippen LogP contribution in [0.25, 0.3) is 0 Å². The van der Waals surface area contributed by atoms with Crippen molar-refractivity contribution in [2.45, 2.75) is 13.2 Å². The van der Waals surface area contributed by atoms with Gasteiger partial charge >= 0.3 is 0 Å². The number of methoxy groups -OCH3 is 2. The molecule has 88 valence electrons. The Morgan fingerprint density at radius 1 is 1.25 bits per heavy atom. The van der Waals surface area contributed by atoms with Gasteiger partial charge in [-0.3, -0.25) is 4.79 Å². The van der Waals surface area contributed by atoms with Crippen molar-refractivity contribution in [3.8, 4) is 5.75 Å². The molecule has 0 fully saturated rings. The maximum Gasteiger partial charge on any atom is 0.191 e. The van der Waals surface area contributed by atoms with Gasteiger partial charge in [-0.2, -0.15) is 0 Å². The van der Waals surface area contributed by atoms with E-state index in [0.717, 1.165) is 0 Å². The van der Waals surface area contributed by atoms with Gasteiger partial charge in [0, 0.05) is 14.2 Å². The van der Waals surface area contributed by atoms with Crippen LogP contribution in [-0.4, -0.2) is 32.9 Å². The highest BCUT2D eigenvalue weighted by atomic mass is 16.7. The van der Waals surface area contributed by atoms with E-state index in [-0.39, 0.29) is 12.4 Å². The topological polar surface area (TPSA) is 44.8 Å². The number of para-hydroxylation sites is 1. The second-order valence-corrected chi connectivity index (χ2v) is 3.26. The normalized spacial score (nSPS) is 10.5. The summed E-state index contributed by atoms with van der Waals surface area (Å²) >= 11 is 0. The van der Waals surface area contributed by atoms with Gasteiger partial charge in [-0.15, -0.1) is 0 Å². The molecular formula is C12H16O4. The van der Waals surface area contributed by atoms with Crippen molar-refractivity contribution >= 4 is 5.78 Å². The lowest BCUT2D eigenvalue weighted by atomic mass is 10.1. The summed E-state index contributed by atoms with van der Waals surface area (Å²) in [4.78, 5) is 11.3. The Morgan fingerprint density at radius 2 is 1.88 bits per heavy atom. The minimum absolute atomic E-state index is 0.0259. The van der Waals surface area contributed by atoms with Crippen molar-refractivity contribution in [3.05, 3.63) is 29.8 Å². The molecule has 1 rings (SSSR count). The van der Waals surface area contributed by atoms with Crippen LogP contribution < -0.4 is 4.74 Å². The lowest BCUT2D eigenvalue weighted by Crippen LogP contribution is -2.22. The molecule has 0 radical (unpaired) electrons. The Morgan fingerprint density at radius 3 is 2.44 bits per heavy atom. The van der Waals surface area contributed by atoms with E-state index in [1.807, 2.05) is 6.07 Å². The Labute approximate surface area is 95.1 Å². The van der Waals surface area contributed by atoms with E-state index in [4.69, 9.17) is 14.2 Å². The van der Waals surface area contributed by atoms with E-state index >= 15 is 0 Å². The Hall–Kier alpha value is -1.39. The molecule has 0 saturated heterocycles. The van der Waals surface area contributed by atoms with E-state index in [1.54, 1.807) is 18.2 Å². The molecule has 0 aliphatic heterocycles. The average Bonchev–Trinajstić information content (AvgIpc) is 2.30. The van der Waals surface area contributed by atoms with E-state index in [2.05, 4.69) is 0 Å².